The maximum Gasteiger partial charge on any atom is 0.263 e. The Balaban J connectivity index is 1.59. The quantitative estimate of drug-likeness (QED) is 0.720. The molecule has 0 radical (unpaired) electrons. The summed E-state index contributed by atoms with van der Waals surface area (Å²) in [6, 6.07) is 4.30. The molecule has 0 bridgehead atoms. The summed E-state index contributed by atoms with van der Waals surface area (Å²) in [5.74, 6) is -0.151. The highest BCUT2D eigenvalue weighted by molar-refractivity contribution is 7.18. The molecular formula is C18H20N4O2S2. The number of thiophene rings is 2. The number of aromatic nitrogens is 2. The van der Waals surface area contributed by atoms with E-state index in [1.54, 1.807) is 11.3 Å². The van der Waals surface area contributed by atoms with Crippen molar-refractivity contribution < 1.29 is 4.79 Å². The number of hydrogen-bond acceptors (Lipinski definition) is 6. The molecule has 3 aromatic rings. The van der Waals surface area contributed by atoms with Crippen molar-refractivity contribution in [2.24, 2.45) is 0 Å². The van der Waals surface area contributed by atoms with E-state index in [1.807, 2.05) is 22.9 Å². The van der Waals surface area contributed by atoms with Gasteiger partial charge < -0.3 is 10.6 Å². The van der Waals surface area contributed by atoms with Crippen LogP contribution in [0.5, 0.6) is 0 Å². The highest BCUT2D eigenvalue weighted by atomic mass is 32.1. The maximum absolute atomic E-state index is 12.9. The average molecular weight is 389 g/mol. The molecule has 1 amide bonds. The minimum atomic E-state index is -0.162. The van der Waals surface area contributed by atoms with Gasteiger partial charge in [-0.2, -0.15) is 0 Å². The van der Waals surface area contributed by atoms with Gasteiger partial charge in [-0.25, -0.2) is 4.98 Å². The molecule has 0 saturated carbocycles. The van der Waals surface area contributed by atoms with Crippen LogP contribution in [0, 0.1) is 0 Å². The van der Waals surface area contributed by atoms with Gasteiger partial charge in [0.1, 0.15) is 11.4 Å². The van der Waals surface area contributed by atoms with Gasteiger partial charge in [0.2, 0.25) is 5.91 Å². The second-order valence-corrected chi connectivity index (χ2v) is 8.35. The Labute approximate surface area is 158 Å². The molecule has 4 heterocycles. The molecule has 26 heavy (non-hydrogen) atoms. The number of carbonyl (C=O) groups excluding carboxylic acids is 1. The number of carbonyl (C=O) groups is 1. The average Bonchev–Trinajstić information content (AvgIpc) is 3.29. The van der Waals surface area contributed by atoms with Crippen LogP contribution in [0.3, 0.4) is 0 Å². The summed E-state index contributed by atoms with van der Waals surface area (Å²) in [7, 11) is 0. The van der Waals surface area contributed by atoms with Crippen LogP contribution in [0.4, 0.5) is 0 Å². The first-order chi connectivity index (χ1) is 12.6. The number of nitrogens with zero attached hydrogens (tertiary/aromatic N) is 2. The molecule has 6 nitrogen and oxygen atoms in total. The third-order valence-electron chi connectivity index (χ3n) is 4.77. The molecule has 0 spiro atoms. The SMILES string of the molecule is CC1NCCCC1NC(=O)Cn1cnc2scc(-c3cccs3)c2c1=O. The lowest BCUT2D eigenvalue weighted by Gasteiger charge is -2.30. The summed E-state index contributed by atoms with van der Waals surface area (Å²) in [4.78, 5) is 31.5. The van der Waals surface area contributed by atoms with E-state index in [2.05, 4.69) is 22.5 Å². The van der Waals surface area contributed by atoms with Gasteiger partial charge >= 0.3 is 0 Å². The molecule has 1 aliphatic rings. The van der Waals surface area contributed by atoms with Crippen molar-refractivity contribution >= 4 is 38.8 Å². The standard InChI is InChI=1S/C18H20N4O2S2/c1-11-13(4-2-6-19-11)21-15(23)8-22-10-20-17-16(18(22)24)12(9-26-17)14-5-3-7-25-14/h3,5,7,9-11,13,19H,2,4,6,8H2,1H3,(H,21,23). The Morgan fingerprint density at radius 2 is 2.35 bits per heavy atom. The summed E-state index contributed by atoms with van der Waals surface area (Å²) in [5.41, 5.74) is 0.738. The molecule has 136 valence electrons. The molecule has 4 rings (SSSR count). The van der Waals surface area contributed by atoms with Crippen LogP contribution < -0.4 is 16.2 Å². The molecule has 3 aromatic heterocycles. The van der Waals surface area contributed by atoms with Crippen molar-refractivity contribution in [2.45, 2.75) is 38.4 Å². The molecule has 1 fully saturated rings. The molecule has 2 unspecified atom stereocenters. The fourth-order valence-electron chi connectivity index (χ4n) is 3.34. The first kappa shape index (κ1) is 17.4. The lowest BCUT2D eigenvalue weighted by Crippen LogP contribution is -2.52. The molecular weight excluding hydrogens is 368 g/mol. The first-order valence-electron chi connectivity index (χ1n) is 8.67. The summed E-state index contributed by atoms with van der Waals surface area (Å²) in [5, 5.41) is 11.0. The topological polar surface area (TPSA) is 76.0 Å². The smallest absolute Gasteiger partial charge is 0.263 e. The second-order valence-electron chi connectivity index (χ2n) is 6.54. The Bertz CT molecular complexity index is 977. The van der Waals surface area contributed by atoms with Gasteiger partial charge in [-0.05, 0) is 37.8 Å². The Hall–Kier alpha value is -2.03. The number of hydrogen-bond donors (Lipinski definition) is 2. The minimum Gasteiger partial charge on any atom is -0.350 e. The molecule has 0 aliphatic carbocycles. The normalized spacial score (nSPS) is 20.3. The summed E-state index contributed by atoms with van der Waals surface area (Å²) in [6.45, 7) is 3.05. The second kappa shape index (κ2) is 7.30. The largest absolute Gasteiger partial charge is 0.350 e. The predicted molar refractivity (Wildman–Crippen MR) is 106 cm³/mol. The summed E-state index contributed by atoms with van der Waals surface area (Å²) >= 11 is 3.05. The Kier molecular flexibility index (Phi) is 4.88. The van der Waals surface area contributed by atoms with Gasteiger partial charge in [-0.3, -0.25) is 14.2 Å². The van der Waals surface area contributed by atoms with Crippen LogP contribution in [0.2, 0.25) is 0 Å². The third-order valence-corrected chi connectivity index (χ3v) is 6.56. The fraction of sp³-hybridized carbons (Fsp3) is 0.389. The van der Waals surface area contributed by atoms with E-state index < -0.39 is 0 Å². The lowest BCUT2D eigenvalue weighted by atomic mass is 10.00. The zero-order chi connectivity index (χ0) is 18.1. The van der Waals surface area contributed by atoms with Gasteiger partial charge in [-0.15, -0.1) is 22.7 Å². The van der Waals surface area contributed by atoms with Crippen LogP contribution in [-0.4, -0.2) is 34.1 Å². The van der Waals surface area contributed by atoms with Crippen molar-refractivity contribution in [1.29, 1.82) is 0 Å². The van der Waals surface area contributed by atoms with Gasteiger partial charge in [0.25, 0.3) is 5.56 Å². The zero-order valence-electron chi connectivity index (χ0n) is 14.4. The minimum absolute atomic E-state index is 0.00921. The molecule has 2 atom stereocenters. The van der Waals surface area contributed by atoms with E-state index in [-0.39, 0.29) is 30.1 Å². The van der Waals surface area contributed by atoms with E-state index in [4.69, 9.17) is 0 Å². The number of fused-ring (bicyclic) bond motifs is 1. The fourth-order valence-corrected chi connectivity index (χ4v) is 5.06. The van der Waals surface area contributed by atoms with Crippen LogP contribution in [0.1, 0.15) is 19.8 Å². The van der Waals surface area contributed by atoms with E-state index in [1.165, 1.54) is 22.2 Å². The monoisotopic (exact) mass is 388 g/mol. The van der Waals surface area contributed by atoms with Crippen molar-refractivity contribution in [2.75, 3.05) is 6.54 Å². The number of nitrogens with one attached hydrogen (secondary N) is 2. The van der Waals surface area contributed by atoms with Crippen molar-refractivity contribution in [3.8, 4) is 10.4 Å². The van der Waals surface area contributed by atoms with Gasteiger partial charge in [0.05, 0.1) is 11.7 Å². The molecule has 8 heteroatoms. The van der Waals surface area contributed by atoms with Gasteiger partial charge in [-0.1, -0.05) is 6.07 Å². The predicted octanol–water partition coefficient (Wildman–Crippen LogP) is 2.44. The molecule has 2 N–H and O–H groups in total. The highest BCUT2D eigenvalue weighted by Crippen LogP contribution is 2.33. The molecule has 0 aromatic carbocycles. The lowest BCUT2D eigenvalue weighted by molar-refractivity contribution is -0.122. The van der Waals surface area contributed by atoms with E-state index in [0.717, 1.165) is 29.8 Å². The van der Waals surface area contributed by atoms with Crippen LogP contribution in [0.25, 0.3) is 20.7 Å². The van der Waals surface area contributed by atoms with Crippen molar-refractivity contribution in [1.82, 2.24) is 20.2 Å². The third kappa shape index (κ3) is 3.32. The Morgan fingerprint density at radius 3 is 3.12 bits per heavy atom. The summed E-state index contributed by atoms with van der Waals surface area (Å²) < 4.78 is 1.41. The number of amides is 1. The van der Waals surface area contributed by atoms with Crippen LogP contribution in [0.15, 0.2) is 34.0 Å². The molecule has 1 aliphatic heterocycles. The number of piperidine rings is 1. The maximum atomic E-state index is 12.9. The van der Waals surface area contributed by atoms with Crippen molar-refractivity contribution in [3.05, 3.63) is 39.6 Å². The molecule has 1 saturated heterocycles. The van der Waals surface area contributed by atoms with Gasteiger partial charge in [0.15, 0.2) is 0 Å². The first-order valence-corrected chi connectivity index (χ1v) is 10.4. The zero-order valence-corrected chi connectivity index (χ0v) is 16.0. The van der Waals surface area contributed by atoms with E-state index in [9.17, 15) is 9.59 Å². The van der Waals surface area contributed by atoms with Crippen molar-refractivity contribution in [3.63, 3.8) is 0 Å². The summed E-state index contributed by atoms with van der Waals surface area (Å²) in [6.07, 6.45) is 3.47. The number of rotatable bonds is 4. The van der Waals surface area contributed by atoms with Crippen LogP contribution in [-0.2, 0) is 11.3 Å². The van der Waals surface area contributed by atoms with Gasteiger partial charge in [0, 0.05) is 27.9 Å². The van der Waals surface area contributed by atoms with E-state index >= 15 is 0 Å². The highest BCUT2D eigenvalue weighted by Gasteiger charge is 2.23. The van der Waals surface area contributed by atoms with Crippen LogP contribution >= 0.6 is 22.7 Å². The Morgan fingerprint density at radius 1 is 1.46 bits per heavy atom. The van der Waals surface area contributed by atoms with E-state index in [0.29, 0.717) is 10.2 Å².